The van der Waals surface area contributed by atoms with Crippen molar-refractivity contribution in [3.63, 3.8) is 0 Å². The summed E-state index contributed by atoms with van der Waals surface area (Å²) in [6.07, 6.45) is -5.06. The number of hydrogen-bond donors (Lipinski definition) is 1. The van der Waals surface area contributed by atoms with Gasteiger partial charge in [-0.1, -0.05) is 0 Å². The molecule has 0 radical (unpaired) electrons. The second-order valence-corrected chi connectivity index (χ2v) is 1.80. The average Bonchev–Trinajstić information content (AvgIpc) is 2.32. The Bertz CT molecular complexity index is 210. The van der Waals surface area contributed by atoms with Crippen LogP contribution in [0, 0.1) is 0 Å². The smallest absolute Gasteiger partial charge is 0.282 e. The van der Waals surface area contributed by atoms with Crippen molar-refractivity contribution in [2.75, 3.05) is 0 Å². The summed E-state index contributed by atoms with van der Waals surface area (Å²) in [6.45, 7) is 0. The minimum Gasteiger partial charge on any atom is -0.343 e. The van der Waals surface area contributed by atoms with Gasteiger partial charge in [-0.25, -0.2) is 22.5 Å². The topological polar surface area (TPSA) is 28.7 Å². The van der Waals surface area contributed by atoms with E-state index >= 15 is 0 Å². The number of H-pyrrole nitrogens is 1. The predicted molar refractivity (Wildman–Crippen MR) is 28.5 cm³/mol. The first kappa shape index (κ1) is 8.03. The van der Waals surface area contributed by atoms with E-state index in [-0.39, 0.29) is 0 Å². The van der Waals surface area contributed by atoms with E-state index in [4.69, 9.17) is 0 Å². The molecule has 0 aromatic carbocycles. The second-order valence-electron chi connectivity index (χ2n) is 1.80. The molecule has 0 amide bonds. The molecule has 2 nitrogen and oxygen atoms in total. The van der Waals surface area contributed by atoms with Gasteiger partial charge in [-0.3, -0.25) is 0 Å². The molecule has 6 heteroatoms. The maximum absolute atomic E-state index is 11.8. The van der Waals surface area contributed by atoms with Crippen molar-refractivity contribution in [1.29, 1.82) is 0 Å². The molecule has 1 heterocycles. The Labute approximate surface area is 59.3 Å². The average molecular weight is 168 g/mol. The molecule has 0 aliphatic rings. The number of imidazole rings is 1. The highest BCUT2D eigenvalue weighted by molar-refractivity contribution is 5.13. The van der Waals surface area contributed by atoms with Crippen molar-refractivity contribution < 1.29 is 17.6 Å². The lowest BCUT2D eigenvalue weighted by atomic mass is 10.3. The Morgan fingerprint density at radius 3 is 2.18 bits per heavy atom. The molecule has 62 valence electrons. The van der Waals surface area contributed by atoms with Crippen LogP contribution in [0.5, 0.6) is 0 Å². The third kappa shape index (κ3) is 1.50. The minimum atomic E-state index is -2.95. The van der Waals surface area contributed by atoms with Crippen LogP contribution in [0.1, 0.15) is 24.2 Å². The normalized spacial score (nSPS) is 11.5. The molecule has 0 fully saturated rings. The Balaban J connectivity index is 2.96. The number of rotatable bonds is 2. The highest BCUT2D eigenvalue weighted by Crippen LogP contribution is 2.26. The van der Waals surface area contributed by atoms with Crippen LogP contribution in [-0.2, 0) is 0 Å². The second kappa shape index (κ2) is 2.89. The van der Waals surface area contributed by atoms with Gasteiger partial charge in [-0.15, -0.1) is 0 Å². The first-order valence-electron chi connectivity index (χ1n) is 2.72. The Kier molecular flexibility index (Phi) is 2.11. The van der Waals surface area contributed by atoms with Gasteiger partial charge in [0, 0.05) is 0 Å². The molecule has 1 aromatic rings. The molecule has 1 aromatic heterocycles. The Morgan fingerprint density at radius 1 is 1.18 bits per heavy atom. The summed E-state index contributed by atoms with van der Waals surface area (Å²) in [6, 6.07) is 0. The lowest BCUT2D eigenvalue weighted by molar-refractivity contribution is 0.119. The van der Waals surface area contributed by atoms with Gasteiger partial charge in [-0.05, 0) is 0 Å². The first-order chi connectivity index (χ1) is 5.13. The van der Waals surface area contributed by atoms with Crippen molar-refractivity contribution in [1.82, 2.24) is 9.97 Å². The van der Waals surface area contributed by atoms with Crippen LogP contribution in [0.15, 0.2) is 6.33 Å². The SMILES string of the molecule is FC(F)c1nc[nH]c1C(F)F. The predicted octanol–water partition coefficient (Wildman–Crippen LogP) is 2.28. The molecule has 11 heavy (non-hydrogen) atoms. The van der Waals surface area contributed by atoms with Gasteiger partial charge in [0.25, 0.3) is 12.9 Å². The molecule has 0 unspecified atom stereocenters. The van der Waals surface area contributed by atoms with E-state index in [9.17, 15) is 17.6 Å². The third-order valence-corrected chi connectivity index (χ3v) is 1.12. The zero-order valence-electron chi connectivity index (χ0n) is 5.19. The van der Waals surface area contributed by atoms with Crippen molar-refractivity contribution in [3.05, 3.63) is 17.7 Å². The molecule has 0 atom stereocenters. The molecule has 0 spiro atoms. The fourth-order valence-electron chi connectivity index (χ4n) is 0.664. The van der Waals surface area contributed by atoms with E-state index in [0.29, 0.717) is 0 Å². The van der Waals surface area contributed by atoms with Gasteiger partial charge in [0.05, 0.1) is 6.33 Å². The quantitative estimate of drug-likeness (QED) is 0.674. The highest BCUT2D eigenvalue weighted by atomic mass is 19.3. The number of nitrogens with one attached hydrogen (secondary N) is 1. The van der Waals surface area contributed by atoms with Crippen molar-refractivity contribution in [2.24, 2.45) is 0 Å². The molecule has 1 rings (SSSR count). The molecular formula is C5H4F4N2. The van der Waals surface area contributed by atoms with Crippen LogP contribution in [-0.4, -0.2) is 9.97 Å². The van der Waals surface area contributed by atoms with E-state index in [0.717, 1.165) is 6.33 Å². The van der Waals surface area contributed by atoms with Gasteiger partial charge in [-0.2, -0.15) is 0 Å². The highest BCUT2D eigenvalue weighted by Gasteiger charge is 2.21. The van der Waals surface area contributed by atoms with E-state index < -0.39 is 24.2 Å². The number of aromatic nitrogens is 2. The maximum atomic E-state index is 11.8. The first-order valence-corrected chi connectivity index (χ1v) is 2.72. The summed E-state index contributed by atoms with van der Waals surface area (Å²) in [5, 5.41) is 0. The number of hydrogen-bond acceptors (Lipinski definition) is 1. The van der Waals surface area contributed by atoms with E-state index in [1.807, 2.05) is 4.98 Å². The van der Waals surface area contributed by atoms with Gasteiger partial charge < -0.3 is 4.98 Å². The zero-order chi connectivity index (χ0) is 8.43. The van der Waals surface area contributed by atoms with Gasteiger partial charge >= 0.3 is 0 Å². The van der Waals surface area contributed by atoms with Crippen LogP contribution in [0.25, 0.3) is 0 Å². The number of nitrogens with zero attached hydrogens (tertiary/aromatic N) is 1. The van der Waals surface area contributed by atoms with Crippen LogP contribution < -0.4 is 0 Å². The van der Waals surface area contributed by atoms with Gasteiger partial charge in [0.15, 0.2) is 0 Å². The van der Waals surface area contributed by atoms with Crippen LogP contribution in [0.2, 0.25) is 0 Å². The Hall–Kier alpha value is -1.07. The number of aromatic amines is 1. The van der Waals surface area contributed by atoms with E-state index in [2.05, 4.69) is 4.98 Å². The van der Waals surface area contributed by atoms with Gasteiger partial charge in [0.1, 0.15) is 11.4 Å². The summed E-state index contributed by atoms with van der Waals surface area (Å²) >= 11 is 0. The van der Waals surface area contributed by atoms with Crippen molar-refractivity contribution in [2.45, 2.75) is 12.9 Å². The fourth-order valence-corrected chi connectivity index (χ4v) is 0.664. The van der Waals surface area contributed by atoms with E-state index in [1.54, 1.807) is 0 Å². The molecular weight excluding hydrogens is 164 g/mol. The minimum absolute atomic E-state index is 0.806. The summed E-state index contributed by atoms with van der Waals surface area (Å²) in [4.78, 5) is 5.00. The molecule has 1 N–H and O–H groups in total. The standard InChI is InChI=1S/C5H4F4N2/c6-4(7)2-3(5(8)9)11-1-10-2/h1,4-5H,(H,10,11). The fraction of sp³-hybridized carbons (Fsp3) is 0.400. The molecule has 0 aliphatic heterocycles. The number of halogens is 4. The lowest BCUT2D eigenvalue weighted by Gasteiger charge is -1.98. The zero-order valence-corrected chi connectivity index (χ0v) is 5.19. The van der Waals surface area contributed by atoms with Gasteiger partial charge in [0.2, 0.25) is 0 Å². The van der Waals surface area contributed by atoms with Crippen LogP contribution in [0.3, 0.4) is 0 Å². The lowest BCUT2D eigenvalue weighted by Crippen LogP contribution is -1.93. The summed E-state index contributed by atoms with van der Waals surface area (Å²) in [7, 11) is 0. The molecule has 0 bridgehead atoms. The van der Waals surface area contributed by atoms with Crippen LogP contribution in [0.4, 0.5) is 17.6 Å². The van der Waals surface area contributed by atoms with E-state index in [1.165, 1.54) is 0 Å². The molecule has 0 saturated heterocycles. The monoisotopic (exact) mass is 168 g/mol. The molecule has 0 aliphatic carbocycles. The largest absolute Gasteiger partial charge is 0.343 e. The van der Waals surface area contributed by atoms with Crippen LogP contribution >= 0.6 is 0 Å². The Morgan fingerprint density at radius 2 is 1.82 bits per heavy atom. The number of alkyl halides is 4. The van der Waals surface area contributed by atoms with Crippen molar-refractivity contribution in [3.8, 4) is 0 Å². The summed E-state index contributed by atoms with van der Waals surface area (Å²) in [5.41, 5.74) is -1.68. The summed E-state index contributed by atoms with van der Waals surface area (Å²) in [5.74, 6) is 0. The maximum Gasteiger partial charge on any atom is 0.282 e. The summed E-state index contributed by atoms with van der Waals surface area (Å²) < 4.78 is 47.2. The third-order valence-electron chi connectivity index (χ3n) is 1.12. The molecule has 0 saturated carbocycles. The van der Waals surface area contributed by atoms with Crippen molar-refractivity contribution >= 4 is 0 Å².